The van der Waals surface area contributed by atoms with E-state index in [9.17, 15) is 4.79 Å². The number of benzene rings is 1. The summed E-state index contributed by atoms with van der Waals surface area (Å²) in [5.41, 5.74) is -0.130. The van der Waals surface area contributed by atoms with E-state index in [1.807, 2.05) is 32.9 Å². The molecule has 0 N–H and O–H groups in total. The first-order chi connectivity index (χ1) is 12.4. The Morgan fingerprint density at radius 2 is 1.70 bits per heavy atom. The first-order valence-corrected chi connectivity index (χ1v) is 10.4. The van der Waals surface area contributed by atoms with Gasteiger partial charge >= 0.3 is 13.2 Å². The quantitative estimate of drug-likeness (QED) is 0.736. The minimum absolute atomic E-state index is 0.237. The van der Waals surface area contributed by atoms with Gasteiger partial charge in [0.2, 0.25) is 0 Å². The topological polar surface area (TPSA) is 48.0 Å². The number of rotatable bonds is 3. The van der Waals surface area contributed by atoms with Crippen LogP contribution >= 0.6 is 11.8 Å². The van der Waals surface area contributed by atoms with Crippen molar-refractivity contribution in [1.29, 1.82) is 0 Å². The van der Waals surface area contributed by atoms with E-state index in [2.05, 4.69) is 39.8 Å². The minimum atomic E-state index is -0.460. The molecule has 0 aliphatic carbocycles. The summed E-state index contributed by atoms with van der Waals surface area (Å²) < 4.78 is 17.9. The van der Waals surface area contributed by atoms with Crippen LogP contribution in [0.4, 0.5) is 4.79 Å². The predicted octanol–water partition coefficient (Wildman–Crippen LogP) is 3.70. The molecule has 0 spiro atoms. The van der Waals surface area contributed by atoms with Crippen molar-refractivity contribution in [2.75, 3.05) is 13.1 Å². The molecule has 5 nitrogen and oxygen atoms in total. The molecule has 3 rings (SSSR count). The fraction of sp³-hybridized carbons (Fsp3) is 0.650. The van der Waals surface area contributed by atoms with Gasteiger partial charge in [-0.25, -0.2) is 4.79 Å². The summed E-state index contributed by atoms with van der Waals surface area (Å²) in [6.45, 7) is 15.3. The summed E-state index contributed by atoms with van der Waals surface area (Å²) in [5, 5.41) is 0.348. The average molecular weight is 391 g/mol. The Kier molecular flexibility index (Phi) is 5.34. The zero-order valence-corrected chi connectivity index (χ0v) is 18.2. The summed E-state index contributed by atoms with van der Waals surface area (Å²) in [7, 11) is -0.374. The molecule has 1 amide bonds. The van der Waals surface area contributed by atoms with E-state index >= 15 is 0 Å². The molecule has 2 aliphatic rings. The van der Waals surface area contributed by atoms with Crippen molar-refractivity contribution in [2.45, 2.75) is 75.4 Å². The molecule has 0 bridgehead atoms. The van der Waals surface area contributed by atoms with Gasteiger partial charge < -0.3 is 18.9 Å². The Morgan fingerprint density at radius 1 is 1.15 bits per heavy atom. The molecule has 148 valence electrons. The third kappa shape index (κ3) is 4.46. The number of carbonyl (C=O) groups excluding carboxylic acids is 1. The van der Waals surface area contributed by atoms with E-state index in [-0.39, 0.29) is 24.4 Å². The molecule has 0 atom stereocenters. The molecule has 2 fully saturated rings. The molecule has 1 aromatic carbocycles. The second-order valence-electron chi connectivity index (χ2n) is 9.25. The number of nitrogens with zero attached hydrogens (tertiary/aromatic N) is 1. The van der Waals surface area contributed by atoms with Crippen LogP contribution in [0.2, 0.25) is 0 Å². The largest absolute Gasteiger partial charge is 0.495 e. The number of hydrogen-bond donors (Lipinski definition) is 0. The van der Waals surface area contributed by atoms with Gasteiger partial charge in [-0.1, -0.05) is 18.2 Å². The van der Waals surface area contributed by atoms with Gasteiger partial charge in [0.05, 0.1) is 11.2 Å². The Labute approximate surface area is 167 Å². The van der Waals surface area contributed by atoms with Crippen LogP contribution in [-0.2, 0) is 14.0 Å². The Bertz CT molecular complexity index is 694. The number of carbonyl (C=O) groups is 1. The molecule has 27 heavy (non-hydrogen) atoms. The van der Waals surface area contributed by atoms with Crippen LogP contribution in [0.3, 0.4) is 0 Å². The molecule has 2 saturated heterocycles. The first kappa shape index (κ1) is 20.6. The number of ether oxygens (including phenoxy) is 1. The molecule has 0 saturated carbocycles. The van der Waals surface area contributed by atoms with Gasteiger partial charge in [-0.3, -0.25) is 0 Å². The normalized spacial score (nSPS) is 21.9. The Balaban J connectivity index is 1.63. The SMILES string of the molecule is CC(C)(C)OC(=O)N1CC(Sc2ccccc2B2OC(C)(C)C(C)(C)O2)C1. The van der Waals surface area contributed by atoms with E-state index in [4.69, 9.17) is 14.0 Å². The molecule has 0 radical (unpaired) electrons. The number of hydrogen-bond acceptors (Lipinski definition) is 5. The highest BCUT2D eigenvalue weighted by atomic mass is 32.2. The molecular weight excluding hydrogens is 361 g/mol. The number of thioether (sulfide) groups is 1. The summed E-state index contributed by atoms with van der Waals surface area (Å²) in [6, 6.07) is 8.20. The fourth-order valence-electron chi connectivity index (χ4n) is 2.92. The predicted molar refractivity (Wildman–Crippen MR) is 110 cm³/mol. The number of likely N-dealkylation sites (tertiary alicyclic amines) is 1. The van der Waals surface area contributed by atoms with Crippen LogP contribution in [0, 0.1) is 0 Å². The smallest absolute Gasteiger partial charge is 0.444 e. The summed E-state index contributed by atoms with van der Waals surface area (Å²) >= 11 is 1.77. The van der Waals surface area contributed by atoms with Gasteiger partial charge in [-0.05, 0) is 60.0 Å². The maximum atomic E-state index is 12.1. The van der Waals surface area contributed by atoms with E-state index in [1.165, 1.54) is 0 Å². The lowest BCUT2D eigenvalue weighted by Gasteiger charge is -2.39. The summed E-state index contributed by atoms with van der Waals surface area (Å²) in [5.74, 6) is 0. The van der Waals surface area contributed by atoms with Crippen LogP contribution in [0.25, 0.3) is 0 Å². The van der Waals surface area contributed by atoms with E-state index in [0.717, 1.165) is 10.4 Å². The van der Waals surface area contributed by atoms with Crippen LogP contribution in [0.15, 0.2) is 29.2 Å². The van der Waals surface area contributed by atoms with Crippen LogP contribution < -0.4 is 5.46 Å². The molecule has 0 unspecified atom stereocenters. The van der Waals surface area contributed by atoms with Crippen molar-refractivity contribution in [2.24, 2.45) is 0 Å². The van der Waals surface area contributed by atoms with Crippen LogP contribution in [0.5, 0.6) is 0 Å². The maximum Gasteiger partial charge on any atom is 0.495 e. The van der Waals surface area contributed by atoms with Gasteiger partial charge in [0.25, 0.3) is 0 Å². The van der Waals surface area contributed by atoms with Crippen molar-refractivity contribution in [3.8, 4) is 0 Å². The second-order valence-corrected chi connectivity index (χ2v) is 10.6. The van der Waals surface area contributed by atoms with E-state index < -0.39 is 5.60 Å². The zero-order valence-electron chi connectivity index (χ0n) is 17.4. The monoisotopic (exact) mass is 391 g/mol. The van der Waals surface area contributed by atoms with Gasteiger partial charge in [0.15, 0.2) is 0 Å². The molecule has 7 heteroatoms. The van der Waals surface area contributed by atoms with Gasteiger partial charge in [0, 0.05) is 23.2 Å². The van der Waals surface area contributed by atoms with Crippen LogP contribution in [-0.4, -0.2) is 53.3 Å². The molecule has 1 aromatic rings. The third-order valence-corrected chi connectivity index (χ3v) is 6.48. The van der Waals surface area contributed by atoms with Crippen LogP contribution in [0.1, 0.15) is 48.5 Å². The van der Waals surface area contributed by atoms with Crippen molar-refractivity contribution >= 4 is 30.4 Å². The standard InChI is InChI=1S/C20H30BNO4S/c1-18(2,3)24-17(23)22-12-14(13-22)27-16-11-9-8-10-15(16)21-25-19(4,5)20(6,7)26-21/h8-11,14H,12-13H2,1-7H3. The van der Waals surface area contributed by atoms with Gasteiger partial charge in [-0.2, -0.15) is 0 Å². The maximum absolute atomic E-state index is 12.1. The third-order valence-electron chi connectivity index (χ3n) is 5.22. The molecular formula is C20H30BNO4S. The molecule has 2 heterocycles. The highest BCUT2D eigenvalue weighted by Crippen LogP contribution is 2.38. The fourth-order valence-corrected chi connectivity index (χ4v) is 4.25. The summed E-state index contributed by atoms with van der Waals surface area (Å²) in [6.07, 6.45) is -0.237. The van der Waals surface area contributed by atoms with Crippen molar-refractivity contribution < 1.29 is 18.8 Å². The lowest BCUT2D eigenvalue weighted by atomic mass is 9.79. The number of amides is 1. The van der Waals surface area contributed by atoms with E-state index in [0.29, 0.717) is 18.3 Å². The minimum Gasteiger partial charge on any atom is -0.444 e. The molecule has 2 aliphatic heterocycles. The Hall–Kier alpha value is -1.18. The van der Waals surface area contributed by atoms with Gasteiger partial charge in [0.1, 0.15) is 5.60 Å². The van der Waals surface area contributed by atoms with Gasteiger partial charge in [-0.15, -0.1) is 11.8 Å². The average Bonchev–Trinajstić information content (AvgIpc) is 2.69. The summed E-state index contributed by atoms with van der Waals surface area (Å²) in [4.78, 5) is 15.0. The first-order valence-electron chi connectivity index (χ1n) is 9.47. The second kappa shape index (κ2) is 7.01. The van der Waals surface area contributed by atoms with Crippen molar-refractivity contribution in [1.82, 2.24) is 4.90 Å². The van der Waals surface area contributed by atoms with Crippen molar-refractivity contribution in [3.63, 3.8) is 0 Å². The zero-order chi connectivity index (χ0) is 20.0. The molecule has 0 aromatic heterocycles. The highest BCUT2D eigenvalue weighted by molar-refractivity contribution is 8.00. The van der Waals surface area contributed by atoms with Crippen molar-refractivity contribution in [3.05, 3.63) is 24.3 Å². The van der Waals surface area contributed by atoms with E-state index in [1.54, 1.807) is 16.7 Å². The highest BCUT2D eigenvalue weighted by Gasteiger charge is 2.52. The lowest BCUT2D eigenvalue weighted by molar-refractivity contribution is 0.00578. The lowest BCUT2D eigenvalue weighted by Crippen LogP contribution is -2.53. The Morgan fingerprint density at radius 3 is 2.26 bits per heavy atom.